The van der Waals surface area contributed by atoms with Gasteiger partial charge >= 0.3 is 0 Å². The van der Waals surface area contributed by atoms with Crippen molar-refractivity contribution in [3.63, 3.8) is 0 Å². The lowest BCUT2D eigenvalue weighted by Gasteiger charge is -2.39. The molecular formula is C6H9N. The second-order valence-electron chi connectivity index (χ2n) is 3.54. The highest BCUT2D eigenvalue weighted by molar-refractivity contribution is 5.31. The van der Waals surface area contributed by atoms with Crippen LogP contribution in [0.5, 0.6) is 0 Å². The van der Waals surface area contributed by atoms with Gasteiger partial charge < -0.3 is 0 Å². The third-order valence-corrected chi connectivity index (χ3v) is 2.99. The van der Waals surface area contributed by atoms with Crippen LogP contribution in [0.1, 0.15) is 13.3 Å². The molecule has 1 nitrogen and oxygen atoms in total. The Bertz CT molecular complexity index is 129. The minimum atomic E-state index is 0.824. The Morgan fingerprint density at radius 3 is 2.57 bits per heavy atom. The van der Waals surface area contributed by atoms with Crippen molar-refractivity contribution < 1.29 is 0 Å². The standard InChI is InChI=1S/C6H9N/c1-6-2-4-5(6)7(4)3-6/h4-5H,2-3H2,1H3. The third-order valence-electron chi connectivity index (χ3n) is 2.99. The molecule has 0 bridgehead atoms. The fraction of sp³-hybridized carbons (Fsp3) is 1.00. The molecule has 2 aliphatic heterocycles. The first-order valence-electron chi connectivity index (χ1n) is 3.07. The number of hydrogen-bond donors (Lipinski definition) is 0. The first-order chi connectivity index (χ1) is 3.31. The van der Waals surface area contributed by atoms with Gasteiger partial charge in [-0.05, 0) is 11.8 Å². The number of nitrogens with zero attached hydrogens (tertiary/aromatic N) is 1. The van der Waals surface area contributed by atoms with Crippen LogP contribution in [0.3, 0.4) is 0 Å². The first-order valence-corrected chi connectivity index (χ1v) is 3.07. The molecule has 38 valence electrons. The van der Waals surface area contributed by atoms with E-state index in [9.17, 15) is 0 Å². The summed E-state index contributed by atoms with van der Waals surface area (Å²) in [6, 6.07) is 2.15. The van der Waals surface area contributed by atoms with Gasteiger partial charge in [0, 0.05) is 18.6 Å². The van der Waals surface area contributed by atoms with Gasteiger partial charge in [0.1, 0.15) is 0 Å². The van der Waals surface area contributed by atoms with E-state index in [1.165, 1.54) is 13.0 Å². The van der Waals surface area contributed by atoms with Gasteiger partial charge in [-0.15, -0.1) is 0 Å². The molecule has 0 amide bonds. The van der Waals surface area contributed by atoms with Crippen molar-refractivity contribution in [2.75, 3.05) is 6.54 Å². The van der Waals surface area contributed by atoms with Crippen LogP contribution in [0.15, 0.2) is 0 Å². The lowest BCUT2D eigenvalue weighted by atomic mass is 9.69. The Morgan fingerprint density at radius 1 is 1.71 bits per heavy atom. The molecule has 7 heavy (non-hydrogen) atoms. The first kappa shape index (κ1) is 3.08. The molecule has 3 rings (SSSR count). The van der Waals surface area contributed by atoms with Gasteiger partial charge in [0.05, 0.1) is 0 Å². The predicted octanol–water partition coefficient (Wildman–Crippen LogP) is 0.463. The molecule has 4 atom stereocenters. The summed E-state index contributed by atoms with van der Waals surface area (Å²) >= 11 is 0. The molecule has 0 spiro atoms. The Balaban J connectivity index is 2.14. The van der Waals surface area contributed by atoms with E-state index in [4.69, 9.17) is 0 Å². The van der Waals surface area contributed by atoms with E-state index in [1.54, 1.807) is 0 Å². The van der Waals surface area contributed by atoms with Gasteiger partial charge in [0.15, 0.2) is 0 Å². The van der Waals surface area contributed by atoms with Gasteiger partial charge in [-0.25, -0.2) is 0 Å². The summed E-state index contributed by atoms with van der Waals surface area (Å²) in [6.45, 7) is 3.83. The second-order valence-corrected chi connectivity index (χ2v) is 3.54. The van der Waals surface area contributed by atoms with Crippen molar-refractivity contribution in [2.24, 2.45) is 5.41 Å². The van der Waals surface area contributed by atoms with Crippen LogP contribution < -0.4 is 0 Å². The van der Waals surface area contributed by atoms with E-state index in [0.717, 1.165) is 17.5 Å². The Kier molecular flexibility index (Phi) is 0.224. The Labute approximate surface area is 43.3 Å². The maximum Gasteiger partial charge on any atom is 0.0322 e. The summed E-state index contributed by atoms with van der Waals surface area (Å²) in [6.07, 6.45) is 1.51. The Hall–Kier alpha value is -0.0400. The molecule has 0 N–H and O–H groups in total. The lowest BCUT2D eigenvalue weighted by molar-refractivity contribution is 0.133. The van der Waals surface area contributed by atoms with Crippen molar-refractivity contribution >= 4 is 0 Å². The fourth-order valence-corrected chi connectivity index (χ4v) is 2.54. The van der Waals surface area contributed by atoms with Gasteiger partial charge in [-0.2, -0.15) is 0 Å². The van der Waals surface area contributed by atoms with Crippen LogP contribution in [0.2, 0.25) is 0 Å². The van der Waals surface area contributed by atoms with E-state index in [-0.39, 0.29) is 0 Å². The van der Waals surface area contributed by atoms with E-state index in [2.05, 4.69) is 11.8 Å². The van der Waals surface area contributed by atoms with Crippen LogP contribution in [-0.4, -0.2) is 23.5 Å². The molecule has 0 aromatic carbocycles. The molecule has 2 heterocycles. The number of rotatable bonds is 0. The summed E-state index contributed by atoms with van der Waals surface area (Å²) in [5.41, 5.74) is 0.824. The van der Waals surface area contributed by atoms with Gasteiger partial charge in [0.2, 0.25) is 0 Å². The van der Waals surface area contributed by atoms with Crippen molar-refractivity contribution in [2.45, 2.75) is 25.4 Å². The van der Waals surface area contributed by atoms with E-state index in [0.29, 0.717) is 0 Å². The third kappa shape index (κ3) is 0.139. The summed E-state index contributed by atoms with van der Waals surface area (Å²) in [4.78, 5) is 2.60. The summed E-state index contributed by atoms with van der Waals surface area (Å²) in [5, 5.41) is 0. The minimum Gasteiger partial charge on any atom is -0.293 e. The van der Waals surface area contributed by atoms with Gasteiger partial charge in [-0.1, -0.05) is 6.92 Å². The maximum absolute atomic E-state index is 2.60. The summed E-state index contributed by atoms with van der Waals surface area (Å²) in [5.74, 6) is 0. The van der Waals surface area contributed by atoms with Crippen molar-refractivity contribution in [3.05, 3.63) is 0 Å². The molecule has 3 fully saturated rings. The molecule has 1 heteroatoms. The molecule has 0 radical (unpaired) electrons. The molecule has 4 unspecified atom stereocenters. The van der Waals surface area contributed by atoms with Crippen LogP contribution in [0, 0.1) is 5.41 Å². The normalized spacial score (nSPS) is 81.0. The average Bonchev–Trinajstić information content (AvgIpc) is 1.82. The fourth-order valence-electron chi connectivity index (χ4n) is 2.54. The lowest BCUT2D eigenvalue weighted by Crippen LogP contribution is -2.45. The smallest absolute Gasteiger partial charge is 0.0322 e. The summed E-state index contributed by atoms with van der Waals surface area (Å²) in [7, 11) is 0. The van der Waals surface area contributed by atoms with E-state index in [1.807, 2.05) is 0 Å². The predicted molar refractivity (Wildman–Crippen MR) is 27.0 cm³/mol. The highest BCUT2D eigenvalue weighted by Gasteiger charge is 2.77. The zero-order chi connectivity index (χ0) is 4.65. The highest BCUT2D eigenvalue weighted by Crippen LogP contribution is 2.68. The number of piperidine rings is 1. The molecule has 3 aliphatic rings. The monoisotopic (exact) mass is 95.1 g/mol. The maximum atomic E-state index is 2.60. The van der Waals surface area contributed by atoms with Crippen molar-refractivity contribution in [1.82, 2.24) is 4.90 Å². The number of hydrogen-bond acceptors (Lipinski definition) is 1. The van der Waals surface area contributed by atoms with Crippen molar-refractivity contribution in [1.29, 1.82) is 0 Å². The summed E-state index contributed by atoms with van der Waals surface area (Å²) < 4.78 is 0. The largest absolute Gasteiger partial charge is 0.293 e. The zero-order valence-electron chi connectivity index (χ0n) is 4.52. The van der Waals surface area contributed by atoms with E-state index < -0.39 is 0 Å². The number of fused-ring (bicyclic) bond motifs is 1. The molecule has 0 aromatic rings. The van der Waals surface area contributed by atoms with Crippen LogP contribution >= 0.6 is 0 Å². The highest BCUT2D eigenvalue weighted by atomic mass is 15.5. The van der Waals surface area contributed by atoms with Crippen LogP contribution in [-0.2, 0) is 0 Å². The van der Waals surface area contributed by atoms with Gasteiger partial charge in [-0.3, -0.25) is 4.90 Å². The van der Waals surface area contributed by atoms with Crippen molar-refractivity contribution in [3.8, 4) is 0 Å². The van der Waals surface area contributed by atoms with Crippen LogP contribution in [0.25, 0.3) is 0 Å². The molecule has 1 saturated carbocycles. The van der Waals surface area contributed by atoms with Gasteiger partial charge in [0.25, 0.3) is 0 Å². The quantitative estimate of drug-likeness (QED) is 0.395. The molecule has 2 saturated heterocycles. The van der Waals surface area contributed by atoms with Crippen LogP contribution in [0.4, 0.5) is 0 Å². The minimum absolute atomic E-state index is 0.824. The zero-order valence-corrected chi connectivity index (χ0v) is 4.52. The molecule has 1 aliphatic carbocycles. The molecular weight excluding hydrogens is 86.1 g/mol. The topological polar surface area (TPSA) is 3.01 Å². The molecule has 0 aromatic heterocycles. The Morgan fingerprint density at radius 2 is 2.57 bits per heavy atom. The average molecular weight is 95.1 g/mol. The second kappa shape index (κ2) is 0.510. The SMILES string of the molecule is CC12CC3C1N3C2. The van der Waals surface area contributed by atoms with E-state index >= 15 is 0 Å².